The number of aliphatic hydroxyl groups excluding tert-OH is 1. The van der Waals surface area contributed by atoms with Crippen molar-refractivity contribution in [2.24, 2.45) is 5.92 Å². The smallest absolute Gasteiger partial charge is 0.160 e. The molecule has 0 radical (unpaired) electrons. The van der Waals surface area contributed by atoms with Gasteiger partial charge in [0.2, 0.25) is 0 Å². The van der Waals surface area contributed by atoms with Crippen molar-refractivity contribution < 1.29 is 14.9 Å². The minimum Gasteiger partial charge on any atom is -0.504 e. The molecule has 94 valence electrons. The van der Waals surface area contributed by atoms with Crippen LogP contribution in [0.25, 0.3) is 0 Å². The van der Waals surface area contributed by atoms with Gasteiger partial charge in [-0.15, -0.1) is 0 Å². The van der Waals surface area contributed by atoms with E-state index >= 15 is 0 Å². The summed E-state index contributed by atoms with van der Waals surface area (Å²) in [5.41, 5.74) is 1.03. The summed E-state index contributed by atoms with van der Waals surface area (Å²) in [7, 11) is 1.54. The van der Waals surface area contributed by atoms with Crippen molar-refractivity contribution in [1.29, 1.82) is 0 Å². The Balaban J connectivity index is 1.77. The zero-order valence-electron chi connectivity index (χ0n) is 10.0. The highest BCUT2D eigenvalue weighted by Gasteiger charge is 2.26. The van der Waals surface area contributed by atoms with Crippen molar-refractivity contribution in [3.63, 3.8) is 0 Å². The van der Waals surface area contributed by atoms with Crippen molar-refractivity contribution in [3.05, 3.63) is 23.8 Å². The van der Waals surface area contributed by atoms with E-state index < -0.39 is 0 Å². The maximum atomic E-state index is 9.61. The third-order valence-electron chi connectivity index (χ3n) is 3.22. The molecule has 0 aromatic heterocycles. The van der Waals surface area contributed by atoms with E-state index in [9.17, 15) is 5.11 Å². The van der Waals surface area contributed by atoms with E-state index in [1.54, 1.807) is 12.1 Å². The van der Waals surface area contributed by atoms with E-state index in [1.165, 1.54) is 7.11 Å². The lowest BCUT2D eigenvalue weighted by molar-refractivity contribution is 0.0430. The largest absolute Gasteiger partial charge is 0.504 e. The highest BCUT2D eigenvalue weighted by atomic mass is 16.5. The molecule has 1 saturated carbocycles. The van der Waals surface area contributed by atoms with Gasteiger partial charge in [0.1, 0.15) is 0 Å². The molecule has 1 aliphatic rings. The first-order valence-electron chi connectivity index (χ1n) is 5.93. The number of hydrogen-bond donors (Lipinski definition) is 3. The quantitative estimate of drug-likeness (QED) is 0.721. The number of methoxy groups -OCH3 is 1. The molecule has 2 rings (SSSR count). The van der Waals surface area contributed by atoms with Crippen LogP contribution in [0.1, 0.15) is 18.4 Å². The first-order chi connectivity index (χ1) is 8.19. The Labute approximate surface area is 101 Å². The number of aliphatic hydroxyl groups is 1. The molecule has 0 atom stereocenters. The molecule has 17 heavy (non-hydrogen) atoms. The summed E-state index contributed by atoms with van der Waals surface area (Å²) in [6, 6.07) is 5.40. The number of rotatable bonds is 5. The molecule has 4 heteroatoms. The van der Waals surface area contributed by atoms with Crippen LogP contribution in [-0.4, -0.2) is 30.0 Å². The van der Waals surface area contributed by atoms with E-state index in [0.29, 0.717) is 11.7 Å². The normalized spacial score (nSPS) is 23.2. The monoisotopic (exact) mass is 237 g/mol. The van der Waals surface area contributed by atoms with Gasteiger partial charge in [0.25, 0.3) is 0 Å². The minimum atomic E-state index is -0.0909. The molecular weight excluding hydrogens is 218 g/mol. The van der Waals surface area contributed by atoms with Crippen molar-refractivity contribution in [3.8, 4) is 11.5 Å². The Bertz CT molecular complexity index is 375. The maximum absolute atomic E-state index is 9.61. The van der Waals surface area contributed by atoms with Gasteiger partial charge < -0.3 is 20.3 Å². The predicted molar refractivity (Wildman–Crippen MR) is 65.1 cm³/mol. The van der Waals surface area contributed by atoms with Gasteiger partial charge in [0.15, 0.2) is 11.5 Å². The number of benzene rings is 1. The van der Waals surface area contributed by atoms with Crippen molar-refractivity contribution in [2.75, 3.05) is 13.7 Å². The molecule has 1 fully saturated rings. The Morgan fingerprint density at radius 2 is 2.18 bits per heavy atom. The second-order valence-electron chi connectivity index (χ2n) is 4.63. The van der Waals surface area contributed by atoms with Gasteiger partial charge in [-0.2, -0.15) is 0 Å². The Hall–Kier alpha value is -1.26. The average molecular weight is 237 g/mol. The molecule has 0 saturated heterocycles. The van der Waals surface area contributed by atoms with Gasteiger partial charge in [0.05, 0.1) is 13.2 Å². The van der Waals surface area contributed by atoms with E-state index in [2.05, 4.69) is 5.32 Å². The lowest BCUT2D eigenvalue weighted by Gasteiger charge is -2.31. The molecule has 3 N–H and O–H groups in total. The Morgan fingerprint density at radius 3 is 2.76 bits per heavy atom. The Morgan fingerprint density at radius 1 is 1.41 bits per heavy atom. The summed E-state index contributed by atoms with van der Waals surface area (Å²) < 4.78 is 4.98. The molecule has 1 aromatic carbocycles. The molecule has 4 nitrogen and oxygen atoms in total. The number of nitrogens with one attached hydrogen (secondary N) is 1. The molecule has 0 amide bonds. The summed E-state index contributed by atoms with van der Waals surface area (Å²) in [6.07, 6.45) is 1.72. The van der Waals surface area contributed by atoms with Gasteiger partial charge in [-0.05, 0) is 43.0 Å². The van der Waals surface area contributed by atoms with E-state index in [4.69, 9.17) is 9.84 Å². The van der Waals surface area contributed by atoms with Crippen LogP contribution < -0.4 is 10.1 Å². The molecule has 0 bridgehead atoms. The van der Waals surface area contributed by atoms with Gasteiger partial charge in [-0.3, -0.25) is 0 Å². The van der Waals surface area contributed by atoms with Crippen LogP contribution in [0.15, 0.2) is 18.2 Å². The maximum Gasteiger partial charge on any atom is 0.160 e. The summed E-state index contributed by atoms with van der Waals surface area (Å²) >= 11 is 0. The minimum absolute atomic E-state index is 0.0909. The van der Waals surface area contributed by atoms with Crippen molar-refractivity contribution >= 4 is 0 Å². The van der Waals surface area contributed by atoms with Crippen LogP contribution in [0, 0.1) is 5.92 Å². The molecule has 0 aliphatic heterocycles. The lowest BCUT2D eigenvalue weighted by Crippen LogP contribution is -2.35. The second-order valence-corrected chi connectivity index (χ2v) is 4.63. The molecule has 1 aliphatic carbocycles. The molecule has 0 unspecified atom stereocenters. The zero-order valence-corrected chi connectivity index (χ0v) is 10.0. The van der Waals surface area contributed by atoms with Crippen LogP contribution in [0.3, 0.4) is 0 Å². The van der Waals surface area contributed by atoms with Crippen LogP contribution in [-0.2, 0) is 6.54 Å². The zero-order chi connectivity index (χ0) is 12.3. The number of ether oxygens (including phenoxy) is 1. The first kappa shape index (κ1) is 12.2. The van der Waals surface area contributed by atoms with E-state index in [0.717, 1.165) is 31.5 Å². The van der Waals surface area contributed by atoms with Gasteiger partial charge in [0, 0.05) is 6.54 Å². The highest BCUT2D eigenvalue weighted by Crippen LogP contribution is 2.27. The first-order valence-corrected chi connectivity index (χ1v) is 5.93. The Kier molecular flexibility index (Phi) is 3.86. The lowest BCUT2D eigenvalue weighted by atomic mass is 9.82. The molecule has 0 heterocycles. The average Bonchev–Trinajstić information content (AvgIpc) is 2.27. The van der Waals surface area contributed by atoms with Crippen LogP contribution in [0.2, 0.25) is 0 Å². The van der Waals surface area contributed by atoms with E-state index in [1.807, 2.05) is 6.07 Å². The van der Waals surface area contributed by atoms with E-state index in [-0.39, 0.29) is 11.9 Å². The van der Waals surface area contributed by atoms with Crippen LogP contribution in [0.4, 0.5) is 0 Å². The fourth-order valence-corrected chi connectivity index (χ4v) is 2.13. The summed E-state index contributed by atoms with van der Waals surface area (Å²) in [4.78, 5) is 0. The number of hydrogen-bond acceptors (Lipinski definition) is 4. The van der Waals surface area contributed by atoms with Crippen molar-refractivity contribution in [2.45, 2.75) is 25.5 Å². The molecule has 1 aromatic rings. The third-order valence-corrected chi connectivity index (χ3v) is 3.22. The molecular formula is C13H19NO3. The second kappa shape index (κ2) is 5.38. The van der Waals surface area contributed by atoms with Crippen LogP contribution >= 0.6 is 0 Å². The topological polar surface area (TPSA) is 61.7 Å². The number of phenols is 1. The number of aromatic hydroxyl groups is 1. The summed E-state index contributed by atoms with van der Waals surface area (Å²) in [5.74, 6) is 1.26. The summed E-state index contributed by atoms with van der Waals surface area (Å²) in [6.45, 7) is 1.65. The van der Waals surface area contributed by atoms with Crippen LogP contribution in [0.5, 0.6) is 11.5 Å². The SMILES string of the molecule is COc1ccc(CNCC2CC(O)C2)cc1O. The third kappa shape index (κ3) is 3.11. The van der Waals surface area contributed by atoms with Crippen molar-refractivity contribution in [1.82, 2.24) is 5.32 Å². The number of phenolic OH excluding ortho intramolecular Hbond substituents is 1. The summed E-state index contributed by atoms with van der Waals surface area (Å²) in [5, 5.41) is 22.1. The fraction of sp³-hybridized carbons (Fsp3) is 0.538. The fourth-order valence-electron chi connectivity index (χ4n) is 2.13. The van der Waals surface area contributed by atoms with Gasteiger partial charge in [-0.1, -0.05) is 6.07 Å². The standard InChI is InChI=1S/C13H19NO3/c1-17-13-3-2-9(6-12(13)16)7-14-8-10-4-11(15)5-10/h2-3,6,10-11,14-16H,4-5,7-8H2,1H3. The van der Waals surface area contributed by atoms with Gasteiger partial charge >= 0.3 is 0 Å². The highest BCUT2D eigenvalue weighted by molar-refractivity contribution is 5.41. The van der Waals surface area contributed by atoms with Gasteiger partial charge in [-0.25, -0.2) is 0 Å². The molecule has 0 spiro atoms. The predicted octanol–water partition coefficient (Wildman–Crippen LogP) is 1.26.